The summed E-state index contributed by atoms with van der Waals surface area (Å²) in [6, 6.07) is 9.07. The van der Waals surface area contributed by atoms with Crippen molar-refractivity contribution in [2.45, 2.75) is 26.3 Å². The zero-order valence-electron chi connectivity index (χ0n) is 13.0. The average Bonchev–Trinajstić information content (AvgIpc) is 2.45. The van der Waals surface area contributed by atoms with Crippen LogP contribution in [-0.2, 0) is 11.2 Å². The van der Waals surface area contributed by atoms with Gasteiger partial charge < -0.3 is 20.1 Å². The first kappa shape index (κ1) is 16.3. The second-order valence-electron chi connectivity index (χ2n) is 5.45. The van der Waals surface area contributed by atoms with Crippen LogP contribution in [0.25, 0.3) is 10.8 Å². The first-order valence-corrected chi connectivity index (χ1v) is 7.14. The average molecular weight is 301 g/mol. The van der Waals surface area contributed by atoms with E-state index in [2.05, 4.69) is 5.32 Å². The van der Waals surface area contributed by atoms with Gasteiger partial charge in [0.05, 0.1) is 7.11 Å². The van der Waals surface area contributed by atoms with Crippen molar-refractivity contribution in [3.05, 3.63) is 35.9 Å². The van der Waals surface area contributed by atoms with E-state index in [1.807, 2.05) is 25.1 Å². The van der Waals surface area contributed by atoms with E-state index in [0.29, 0.717) is 11.9 Å². The second kappa shape index (κ2) is 6.81. The highest BCUT2D eigenvalue weighted by Crippen LogP contribution is 2.24. The number of carbonyl (C=O) groups excluding carboxylic acids is 1. The van der Waals surface area contributed by atoms with Crippen LogP contribution in [0.15, 0.2) is 30.3 Å². The number of benzene rings is 2. The molecule has 0 radical (unpaired) electrons. The molecule has 0 aliphatic heterocycles. The van der Waals surface area contributed by atoms with Crippen molar-refractivity contribution in [3.8, 4) is 5.75 Å². The topological polar surface area (TPSA) is 78.8 Å². The van der Waals surface area contributed by atoms with E-state index in [1.54, 1.807) is 19.2 Å². The van der Waals surface area contributed by atoms with Crippen LogP contribution in [0.4, 0.5) is 0 Å². The molecule has 0 aliphatic carbocycles. The first-order valence-electron chi connectivity index (χ1n) is 7.14. The number of amides is 1. The number of fused-ring (bicyclic) bond motifs is 1. The number of carbonyl (C=O) groups is 1. The van der Waals surface area contributed by atoms with Crippen LogP contribution in [0, 0.1) is 0 Å². The normalized spacial score (nSPS) is 12.0. The highest BCUT2D eigenvalue weighted by Gasteiger charge is 2.16. The third kappa shape index (κ3) is 3.78. The van der Waals surface area contributed by atoms with Gasteiger partial charge >= 0.3 is 7.12 Å². The lowest BCUT2D eigenvalue weighted by molar-refractivity contribution is -0.119. The van der Waals surface area contributed by atoms with Gasteiger partial charge in [0, 0.05) is 13.0 Å². The zero-order valence-corrected chi connectivity index (χ0v) is 13.0. The van der Waals surface area contributed by atoms with Crippen LogP contribution in [0.1, 0.15) is 19.4 Å². The van der Waals surface area contributed by atoms with E-state index in [0.717, 1.165) is 22.1 Å². The molecule has 2 rings (SSSR count). The van der Waals surface area contributed by atoms with Crippen molar-refractivity contribution in [3.63, 3.8) is 0 Å². The van der Waals surface area contributed by atoms with E-state index in [1.165, 1.54) is 6.92 Å². The Morgan fingerprint density at radius 2 is 2.05 bits per heavy atom. The Morgan fingerprint density at radius 3 is 2.64 bits per heavy atom. The van der Waals surface area contributed by atoms with Gasteiger partial charge in [-0.2, -0.15) is 0 Å². The van der Waals surface area contributed by atoms with Gasteiger partial charge in [-0.15, -0.1) is 0 Å². The number of nitrogens with one attached hydrogen (secondary N) is 1. The van der Waals surface area contributed by atoms with E-state index < -0.39 is 7.12 Å². The maximum absolute atomic E-state index is 11.2. The monoisotopic (exact) mass is 301 g/mol. The molecule has 0 saturated carbocycles. The molecule has 116 valence electrons. The third-order valence-electron chi connectivity index (χ3n) is 3.54. The first-order chi connectivity index (χ1) is 10.4. The smallest absolute Gasteiger partial charge is 0.488 e. The lowest BCUT2D eigenvalue weighted by atomic mass is 9.77. The maximum Gasteiger partial charge on any atom is 0.488 e. The van der Waals surface area contributed by atoms with E-state index in [-0.39, 0.29) is 11.9 Å². The molecule has 2 aromatic carbocycles. The molecule has 0 heterocycles. The van der Waals surface area contributed by atoms with Crippen molar-refractivity contribution < 1.29 is 19.6 Å². The maximum atomic E-state index is 11.2. The standard InChI is InChI=1S/C16H20BNO4/c1-10(18-11(2)19)6-13-8-14(17(20)21)7-12-4-5-15(22-3)9-16(12)13/h4-5,7-10,20-21H,6H2,1-3H3,(H,18,19). The Hall–Kier alpha value is -2.05. The molecule has 0 bridgehead atoms. The van der Waals surface area contributed by atoms with Crippen LogP contribution < -0.4 is 15.5 Å². The van der Waals surface area contributed by atoms with Crippen LogP contribution in [0.3, 0.4) is 0 Å². The summed E-state index contributed by atoms with van der Waals surface area (Å²) in [5, 5.41) is 23.6. The van der Waals surface area contributed by atoms with Gasteiger partial charge in [-0.1, -0.05) is 18.2 Å². The summed E-state index contributed by atoms with van der Waals surface area (Å²) in [5.41, 5.74) is 1.36. The Kier molecular flexibility index (Phi) is 5.05. The lowest BCUT2D eigenvalue weighted by Crippen LogP contribution is -2.33. The fraction of sp³-hybridized carbons (Fsp3) is 0.312. The Bertz CT molecular complexity index is 687. The van der Waals surface area contributed by atoms with Gasteiger partial charge in [-0.3, -0.25) is 4.79 Å². The van der Waals surface area contributed by atoms with Gasteiger partial charge in [0.25, 0.3) is 0 Å². The second-order valence-corrected chi connectivity index (χ2v) is 5.45. The van der Waals surface area contributed by atoms with Crippen molar-refractivity contribution in [2.24, 2.45) is 0 Å². The fourth-order valence-electron chi connectivity index (χ4n) is 2.61. The highest BCUT2D eigenvalue weighted by atomic mass is 16.5. The molecule has 5 nitrogen and oxygen atoms in total. The predicted octanol–water partition coefficient (Wildman–Crippen LogP) is 0.595. The van der Waals surface area contributed by atoms with Gasteiger partial charge in [-0.05, 0) is 47.3 Å². The predicted molar refractivity (Wildman–Crippen MR) is 87.3 cm³/mol. The molecule has 1 atom stereocenters. The SMILES string of the molecule is COc1ccc2cc(B(O)O)cc(CC(C)NC(C)=O)c2c1. The molecular formula is C16H20BNO4. The van der Waals surface area contributed by atoms with Crippen molar-refractivity contribution in [2.75, 3.05) is 7.11 Å². The molecule has 1 unspecified atom stereocenters. The molecule has 2 aromatic rings. The fourth-order valence-corrected chi connectivity index (χ4v) is 2.61. The molecule has 6 heteroatoms. The van der Waals surface area contributed by atoms with Crippen LogP contribution in [0.5, 0.6) is 5.75 Å². The molecule has 0 aromatic heterocycles. The summed E-state index contributed by atoms with van der Waals surface area (Å²) >= 11 is 0. The largest absolute Gasteiger partial charge is 0.497 e. The summed E-state index contributed by atoms with van der Waals surface area (Å²) in [5.74, 6) is 0.644. The number of ether oxygens (including phenoxy) is 1. The molecular weight excluding hydrogens is 281 g/mol. The summed E-state index contributed by atoms with van der Waals surface area (Å²) in [6.45, 7) is 3.39. The highest BCUT2D eigenvalue weighted by molar-refractivity contribution is 6.59. The molecule has 0 spiro atoms. The van der Waals surface area contributed by atoms with Crippen LogP contribution in [0.2, 0.25) is 0 Å². The Morgan fingerprint density at radius 1 is 1.32 bits per heavy atom. The molecule has 3 N–H and O–H groups in total. The molecule has 22 heavy (non-hydrogen) atoms. The molecule has 0 saturated heterocycles. The molecule has 0 fully saturated rings. The van der Waals surface area contributed by atoms with Crippen molar-refractivity contribution in [1.29, 1.82) is 0 Å². The third-order valence-corrected chi connectivity index (χ3v) is 3.54. The van der Waals surface area contributed by atoms with Crippen LogP contribution >= 0.6 is 0 Å². The van der Waals surface area contributed by atoms with Gasteiger partial charge in [0.2, 0.25) is 5.91 Å². The van der Waals surface area contributed by atoms with Crippen molar-refractivity contribution >= 4 is 29.3 Å². The minimum Gasteiger partial charge on any atom is -0.497 e. The number of hydrogen-bond acceptors (Lipinski definition) is 4. The number of rotatable bonds is 5. The summed E-state index contributed by atoms with van der Waals surface area (Å²) in [4.78, 5) is 11.2. The minimum atomic E-state index is -1.53. The van der Waals surface area contributed by atoms with E-state index in [9.17, 15) is 14.8 Å². The summed E-state index contributed by atoms with van der Waals surface area (Å²) in [7, 11) is 0.0772. The summed E-state index contributed by atoms with van der Waals surface area (Å²) in [6.07, 6.45) is 0.587. The molecule has 0 aliphatic rings. The van der Waals surface area contributed by atoms with Crippen molar-refractivity contribution in [1.82, 2.24) is 5.32 Å². The minimum absolute atomic E-state index is 0.0574. The van der Waals surface area contributed by atoms with Gasteiger partial charge in [0.15, 0.2) is 0 Å². The quantitative estimate of drug-likeness (QED) is 0.707. The number of hydrogen-bond donors (Lipinski definition) is 3. The van der Waals surface area contributed by atoms with Gasteiger partial charge in [0.1, 0.15) is 5.75 Å². The van der Waals surface area contributed by atoms with E-state index >= 15 is 0 Å². The Balaban J connectivity index is 2.49. The number of methoxy groups -OCH3 is 1. The van der Waals surface area contributed by atoms with E-state index in [4.69, 9.17) is 4.74 Å². The van der Waals surface area contributed by atoms with Gasteiger partial charge in [-0.25, -0.2) is 0 Å². The van der Waals surface area contributed by atoms with Crippen LogP contribution in [-0.4, -0.2) is 36.2 Å². The zero-order chi connectivity index (χ0) is 16.3. The Labute approximate surface area is 130 Å². The molecule has 1 amide bonds. The summed E-state index contributed by atoms with van der Waals surface area (Å²) < 4.78 is 5.26. The lowest BCUT2D eigenvalue weighted by Gasteiger charge is -2.16.